The van der Waals surface area contributed by atoms with Crippen molar-refractivity contribution in [2.45, 2.75) is 39.8 Å². The molecule has 6 nitrogen and oxygen atoms in total. The number of carbonyl (C=O) groups excluding carboxylic acids is 1. The Hall–Kier alpha value is -2.75. The summed E-state index contributed by atoms with van der Waals surface area (Å²) in [7, 11) is 0. The fraction of sp³-hybridized carbons (Fsp3) is 0.462. The second-order valence-corrected chi connectivity index (χ2v) is 10.5. The van der Waals surface area contributed by atoms with Crippen LogP contribution in [-0.4, -0.2) is 44.2 Å². The van der Waals surface area contributed by atoms with Gasteiger partial charge in [0.25, 0.3) is 5.91 Å². The van der Waals surface area contributed by atoms with E-state index in [2.05, 4.69) is 49.3 Å². The zero-order valence-corrected chi connectivity index (χ0v) is 20.4. The molecular formula is C26H31ClN4O2. The Balaban J connectivity index is 1.43. The Bertz CT molecular complexity index is 1050. The molecule has 1 heterocycles. The largest absolute Gasteiger partial charge is 0.489 e. The highest BCUT2D eigenvalue weighted by molar-refractivity contribution is 6.31. The van der Waals surface area contributed by atoms with Crippen molar-refractivity contribution in [3.05, 3.63) is 58.6 Å². The first-order valence-electron chi connectivity index (χ1n) is 11.4. The van der Waals surface area contributed by atoms with Crippen LogP contribution in [0.25, 0.3) is 0 Å². The third-order valence-electron chi connectivity index (χ3n) is 7.04. The fourth-order valence-electron chi connectivity index (χ4n) is 5.56. The van der Waals surface area contributed by atoms with Crippen molar-refractivity contribution in [3.63, 3.8) is 0 Å². The number of hydrogen-bond acceptors (Lipinski definition) is 5. The first-order chi connectivity index (χ1) is 15.6. The van der Waals surface area contributed by atoms with Crippen LogP contribution in [0.1, 0.15) is 43.6 Å². The molecule has 174 valence electrons. The van der Waals surface area contributed by atoms with Crippen LogP contribution in [0.2, 0.25) is 5.02 Å². The number of carbonyl (C=O) groups is 1. The van der Waals surface area contributed by atoms with E-state index in [-0.39, 0.29) is 28.9 Å². The normalized spacial score (nSPS) is 23.2. The average Bonchev–Trinajstić information content (AvgIpc) is 2.81. The van der Waals surface area contributed by atoms with Crippen LogP contribution in [-0.2, 0) is 0 Å². The van der Waals surface area contributed by atoms with Gasteiger partial charge in [-0.1, -0.05) is 39.3 Å². The summed E-state index contributed by atoms with van der Waals surface area (Å²) in [6.45, 7) is 12.3. The van der Waals surface area contributed by atoms with Crippen molar-refractivity contribution in [1.82, 2.24) is 10.6 Å². The van der Waals surface area contributed by atoms with Gasteiger partial charge in [0.15, 0.2) is 0 Å². The zero-order valence-electron chi connectivity index (χ0n) is 19.6. The molecular weight excluding hydrogens is 436 g/mol. The molecule has 0 atom stereocenters. The molecule has 33 heavy (non-hydrogen) atoms. The highest BCUT2D eigenvalue weighted by Gasteiger charge is 2.64. The molecule has 0 bridgehead atoms. The number of nitrogens with zero attached hydrogens (tertiary/aromatic N) is 2. The van der Waals surface area contributed by atoms with Crippen molar-refractivity contribution in [1.29, 1.82) is 5.26 Å². The lowest BCUT2D eigenvalue weighted by atomic mass is 9.49. The molecule has 1 amide bonds. The number of rotatable bonds is 5. The number of halogens is 1. The molecule has 0 aromatic heterocycles. The maximum absolute atomic E-state index is 13.1. The second kappa shape index (κ2) is 8.89. The van der Waals surface area contributed by atoms with Crippen molar-refractivity contribution >= 4 is 23.2 Å². The Morgan fingerprint density at radius 1 is 1.12 bits per heavy atom. The van der Waals surface area contributed by atoms with E-state index in [4.69, 9.17) is 21.6 Å². The third kappa shape index (κ3) is 4.40. The first-order valence-corrected chi connectivity index (χ1v) is 11.8. The number of hydrogen-bond donors (Lipinski definition) is 2. The van der Waals surface area contributed by atoms with Crippen LogP contribution < -0.4 is 20.3 Å². The van der Waals surface area contributed by atoms with Crippen molar-refractivity contribution < 1.29 is 9.53 Å². The number of piperazine rings is 1. The smallest absolute Gasteiger partial charge is 0.251 e. The summed E-state index contributed by atoms with van der Waals surface area (Å²) < 4.78 is 6.31. The van der Waals surface area contributed by atoms with E-state index in [1.807, 2.05) is 24.3 Å². The lowest BCUT2D eigenvalue weighted by Gasteiger charge is -2.63. The average molecular weight is 467 g/mol. The van der Waals surface area contributed by atoms with Crippen LogP contribution in [0.5, 0.6) is 5.75 Å². The van der Waals surface area contributed by atoms with E-state index in [0.717, 1.165) is 31.9 Å². The van der Waals surface area contributed by atoms with Crippen LogP contribution in [0, 0.1) is 22.2 Å². The maximum atomic E-state index is 13.1. The molecule has 4 rings (SSSR count). The van der Waals surface area contributed by atoms with Gasteiger partial charge in [-0.05, 0) is 36.4 Å². The number of nitrogens with one attached hydrogen (secondary N) is 2. The second-order valence-electron chi connectivity index (χ2n) is 10.1. The summed E-state index contributed by atoms with van der Waals surface area (Å²) in [6, 6.07) is 15.0. The molecule has 2 fully saturated rings. The fourth-order valence-corrected chi connectivity index (χ4v) is 5.77. The van der Waals surface area contributed by atoms with Crippen LogP contribution in [0.15, 0.2) is 42.5 Å². The van der Waals surface area contributed by atoms with Crippen molar-refractivity contribution in [2.24, 2.45) is 10.8 Å². The number of amides is 1. The topological polar surface area (TPSA) is 77.4 Å². The minimum absolute atomic E-state index is 0.0656. The summed E-state index contributed by atoms with van der Waals surface area (Å²) in [4.78, 5) is 15.4. The summed E-state index contributed by atoms with van der Waals surface area (Å²) >= 11 is 6.18. The molecule has 2 aliphatic rings. The summed E-state index contributed by atoms with van der Waals surface area (Å²) in [5.74, 6) is 0.548. The van der Waals surface area contributed by atoms with Crippen molar-refractivity contribution in [3.8, 4) is 11.8 Å². The molecule has 2 aromatic rings. The monoisotopic (exact) mass is 466 g/mol. The van der Waals surface area contributed by atoms with E-state index in [9.17, 15) is 4.79 Å². The van der Waals surface area contributed by atoms with E-state index < -0.39 is 0 Å². The highest BCUT2D eigenvalue weighted by Crippen LogP contribution is 2.55. The Morgan fingerprint density at radius 3 is 2.33 bits per heavy atom. The predicted molar refractivity (Wildman–Crippen MR) is 131 cm³/mol. The van der Waals surface area contributed by atoms with Crippen LogP contribution >= 0.6 is 11.6 Å². The molecule has 1 saturated heterocycles. The van der Waals surface area contributed by atoms with Gasteiger partial charge >= 0.3 is 0 Å². The lowest BCUT2D eigenvalue weighted by molar-refractivity contribution is -0.164. The van der Waals surface area contributed by atoms with Crippen molar-refractivity contribution in [2.75, 3.05) is 31.1 Å². The van der Waals surface area contributed by atoms with Gasteiger partial charge in [-0.25, -0.2) is 0 Å². The minimum Gasteiger partial charge on any atom is -0.489 e. The standard InChI is InChI=1S/C26H31ClN4O2/c1-25(2)23(26(3,4)24(25)33-20-10-7-18(16-28)21(27)15-20)30-22(32)17-5-8-19(9-6-17)31-13-11-29-12-14-31/h5-10,15,23-24,29H,11-14H2,1-4H3,(H,30,32)/t23-,24-. The molecule has 0 unspecified atom stereocenters. The maximum Gasteiger partial charge on any atom is 0.251 e. The molecule has 1 aliphatic heterocycles. The number of benzene rings is 2. The van der Waals surface area contributed by atoms with Gasteiger partial charge in [0.1, 0.15) is 17.9 Å². The molecule has 7 heteroatoms. The Kier molecular flexibility index (Phi) is 6.30. The molecule has 2 aromatic carbocycles. The SMILES string of the molecule is CC1(C)[C@H](NC(=O)c2ccc(N3CCNCC3)cc2)C(C)(C)[C@H]1Oc1ccc(C#N)c(Cl)c1. The predicted octanol–water partition coefficient (Wildman–Crippen LogP) is 4.23. The summed E-state index contributed by atoms with van der Waals surface area (Å²) in [5, 5.41) is 16.1. The number of nitriles is 1. The highest BCUT2D eigenvalue weighted by atomic mass is 35.5. The van der Waals surface area contributed by atoms with E-state index in [1.165, 1.54) is 0 Å². The van der Waals surface area contributed by atoms with Crippen LogP contribution in [0.3, 0.4) is 0 Å². The van der Waals surface area contributed by atoms with Gasteiger partial charge in [-0.3, -0.25) is 4.79 Å². The van der Waals surface area contributed by atoms with Gasteiger partial charge in [-0.15, -0.1) is 0 Å². The zero-order chi connectivity index (χ0) is 23.8. The number of anilines is 1. The molecule has 2 N–H and O–H groups in total. The number of ether oxygens (including phenoxy) is 1. The van der Waals surface area contributed by atoms with Gasteiger partial charge < -0.3 is 20.3 Å². The summed E-state index contributed by atoms with van der Waals surface area (Å²) in [6.07, 6.45) is -0.130. The van der Waals surface area contributed by atoms with E-state index in [0.29, 0.717) is 21.9 Å². The lowest BCUT2D eigenvalue weighted by Crippen LogP contribution is -2.74. The Labute approximate surface area is 200 Å². The Morgan fingerprint density at radius 2 is 1.76 bits per heavy atom. The summed E-state index contributed by atoms with van der Waals surface area (Å²) in [5.41, 5.74) is 1.64. The van der Waals surface area contributed by atoms with Gasteiger partial charge in [-0.2, -0.15) is 5.26 Å². The van der Waals surface area contributed by atoms with Gasteiger partial charge in [0, 0.05) is 60.4 Å². The molecule has 0 radical (unpaired) electrons. The van der Waals surface area contributed by atoms with Crippen LogP contribution in [0.4, 0.5) is 5.69 Å². The first kappa shape index (κ1) is 23.4. The quantitative estimate of drug-likeness (QED) is 0.689. The van der Waals surface area contributed by atoms with Gasteiger partial charge in [0.2, 0.25) is 0 Å². The molecule has 1 aliphatic carbocycles. The third-order valence-corrected chi connectivity index (χ3v) is 7.35. The molecule has 0 spiro atoms. The molecule has 1 saturated carbocycles. The van der Waals surface area contributed by atoms with Gasteiger partial charge in [0.05, 0.1) is 10.6 Å². The minimum atomic E-state index is -0.291. The van der Waals surface area contributed by atoms with E-state index in [1.54, 1.807) is 18.2 Å². The van der Waals surface area contributed by atoms with E-state index >= 15 is 0 Å².